The van der Waals surface area contributed by atoms with Gasteiger partial charge in [-0.2, -0.15) is 0 Å². The number of rotatable bonds is 2. The largest absolute Gasteiger partial charge is 0.314 e. The summed E-state index contributed by atoms with van der Waals surface area (Å²) in [6.45, 7) is 0.732. The molecule has 0 bridgehead atoms. The molecule has 2 atom stereocenters. The maximum atomic E-state index is 13.1. The number of carbonyl (C=O) groups excluding carboxylic acids is 1. The molecule has 1 saturated heterocycles. The third-order valence-electron chi connectivity index (χ3n) is 5.23. The van der Waals surface area contributed by atoms with E-state index in [0.717, 1.165) is 29.8 Å². The fourth-order valence-corrected chi connectivity index (χ4v) is 4.11. The first-order chi connectivity index (χ1) is 11.6. The Morgan fingerprint density at radius 1 is 1.21 bits per heavy atom. The molecule has 2 aromatic rings. The number of fused-ring (bicyclic) bond motifs is 2. The van der Waals surface area contributed by atoms with Gasteiger partial charge in [-0.1, -0.05) is 30.3 Å². The second-order valence-electron chi connectivity index (χ2n) is 6.34. The number of carbonyl (C=O) groups is 1. The first-order valence-corrected chi connectivity index (χ1v) is 7.91. The van der Waals surface area contributed by atoms with E-state index in [0.29, 0.717) is 0 Å². The molecule has 1 fully saturated rings. The quantitative estimate of drug-likeness (QED) is 0.681. The van der Waals surface area contributed by atoms with E-state index in [1.165, 1.54) is 12.1 Å². The number of non-ortho nitro benzene ring substituents is 1. The predicted octanol–water partition coefficient (Wildman–Crippen LogP) is 2.54. The van der Waals surface area contributed by atoms with E-state index in [1.807, 2.05) is 24.3 Å². The van der Waals surface area contributed by atoms with Gasteiger partial charge in [0.2, 0.25) is 5.91 Å². The van der Waals surface area contributed by atoms with Gasteiger partial charge < -0.3 is 10.2 Å². The van der Waals surface area contributed by atoms with Crippen LogP contribution in [0.4, 0.5) is 11.4 Å². The van der Waals surface area contributed by atoms with E-state index < -0.39 is 10.3 Å². The first-order valence-electron chi connectivity index (χ1n) is 7.91. The van der Waals surface area contributed by atoms with Gasteiger partial charge in [-0.3, -0.25) is 14.9 Å². The highest BCUT2D eigenvalue weighted by molar-refractivity contribution is 6.08. The lowest BCUT2D eigenvalue weighted by Crippen LogP contribution is -2.42. The van der Waals surface area contributed by atoms with Crippen molar-refractivity contribution in [3.8, 4) is 0 Å². The summed E-state index contributed by atoms with van der Waals surface area (Å²) in [5, 5.41) is 14.3. The van der Waals surface area contributed by atoms with Crippen LogP contribution in [-0.2, 0) is 10.2 Å². The van der Waals surface area contributed by atoms with E-state index in [9.17, 15) is 14.9 Å². The van der Waals surface area contributed by atoms with Crippen LogP contribution in [0, 0.1) is 10.1 Å². The summed E-state index contributed by atoms with van der Waals surface area (Å²) in [6, 6.07) is 14.2. The molecule has 1 spiro atoms. The number of amides is 1. The van der Waals surface area contributed by atoms with Crippen molar-refractivity contribution in [2.45, 2.75) is 17.9 Å². The molecule has 0 saturated carbocycles. The minimum absolute atomic E-state index is 0.0565. The maximum absolute atomic E-state index is 13.1. The lowest BCUT2D eigenvalue weighted by atomic mass is 9.73. The van der Waals surface area contributed by atoms with Crippen molar-refractivity contribution in [2.24, 2.45) is 0 Å². The highest BCUT2D eigenvalue weighted by atomic mass is 16.6. The van der Waals surface area contributed by atoms with Gasteiger partial charge in [0.25, 0.3) is 5.69 Å². The summed E-state index contributed by atoms with van der Waals surface area (Å²) in [4.78, 5) is 25.3. The zero-order valence-electron chi connectivity index (χ0n) is 13.2. The highest BCUT2D eigenvalue weighted by Crippen LogP contribution is 2.52. The SMILES string of the molecule is CN1C(=O)[C@]2(CCN[C@H]2c2ccc([N+](=O)[O-])cc2)c2ccccc21. The summed E-state index contributed by atoms with van der Waals surface area (Å²) in [5.74, 6) is 0.0806. The zero-order valence-corrected chi connectivity index (χ0v) is 13.2. The van der Waals surface area contributed by atoms with Gasteiger partial charge in [0.15, 0.2) is 0 Å². The first kappa shape index (κ1) is 14.8. The molecule has 0 aromatic heterocycles. The summed E-state index contributed by atoms with van der Waals surface area (Å²) in [6.07, 6.45) is 0.717. The molecule has 1 amide bonds. The molecule has 0 aliphatic carbocycles. The topological polar surface area (TPSA) is 75.5 Å². The number of hydrogen-bond donors (Lipinski definition) is 1. The number of benzene rings is 2. The molecule has 2 aliphatic rings. The second-order valence-corrected chi connectivity index (χ2v) is 6.34. The lowest BCUT2D eigenvalue weighted by Gasteiger charge is -2.30. The third kappa shape index (κ3) is 1.83. The van der Waals surface area contributed by atoms with Gasteiger partial charge in [0, 0.05) is 24.9 Å². The molecule has 2 aromatic carbocycles. The molecule has 0 unspecified atom stereocenters. The van der Waals surface area contributed by atoms with Crippen molar-refractivity contribution in [3.63, 3.8) is 0 Å². The summed E-state index contributed by atoms with van der Waals surface area (Å²) >= 11 is 0. The molecular formula is C18H17N3O3. The number of hydrogen-bond acceptors (Lipinski definition) is 4. The monoisotopic (exact) mass is 323 g/mol. The third-order valence-corrected chi connectivity index (χ3v) is 5.23. The number of para-hydroxylation sites is 1. The van der Waals surface area contributed by atoms with Crippen LogP contribution in [0.15, 0.2) is 48.5 Å². The van der Waals surface area contributed by atoms with Crippen molar-refractivity contribution in [1.29, 1.82) is 0 Å². The van der Waals surface area contributed by atoms with Crippen LogP contribution in [0.3, 0.4) is 0 Å². The molecule has 6 heteroatoms. The summed E-state index contributed by atoms with van der Waals surface area (Å²) < 4.78 is 0. The minimum Gasteiger partial charge on any atom is -0.314 e. The molecule has 122 valence electrons. The Balaban J connectivity index is 1.83. The molecule has 2 heterocycles. The van der Waals surface area contributed by atoms with Crippen LogP contribution in [0.25, 0.3) is 0 Å². The smallest absolute Gasteiger partial charge is 0.269 e. The van der Waals surface area contributed by atoms with Crippen LogP contribution < -0.4 is 10.2 Å². The fourth-order valence-electron chi connectivity index (χ4n) is 4.11. The number of likely N-dealkylation sites (N-methyl/N-ethyl adjacent to an activating group) is 1. The normalized spacial score (nSPS) is 25.3. The molecule has 0 radical (unpaired) electrons. The van der Waals surface area contributed by atoms with Gasteiger partial charge in [0.1, 0.15) is 0 Å². The van der Waals surface area contributed by atoms with Gasteiger partial charge in [-0.05, 0) is 30.2 Å². The van der Waals surface area contributed by atoms with Crippen LogP contribution >= 0.6 is 0 Å². The summed E-state index contributed by atoms with van der Waals surface area (Å²) in [7, 11) is 1.81. The van der Waals surface area contributed by atoms with Crippen molar-refractivity contribution in [1.82, 2.24) is 5.32 Å². The Hall–Kier alpha value is -2.73. The van der Waals surface area contributed by atoms with Gasteiger partial charge in [0.05, 0.1) is 16.4 Å². The van der Waals surface area contributed by atoms with Crippen LogP contribution in [-0.4, -0.2) is 24.4 Å². The standard InChI is InChI=1S/C18H17N3O3/c1-20-15-5-3-2-4-14(15)18(17(20)22)10-11-19-16(18)12-6-8-13(9-7-12)21(23)24/h2-9,16,19H,10-11H2,1H3/t16-,18+/m0/s1. The number of nitrogens with zero attached hydrogens (tertiary/aromatic N) is 2. The Morgan fingerprint density at radius 3 is 2.62 bits per heavy atom. The number of nitro benzene ring substituents is 1. The Labute approximate surface area is 139 Å². The Kier molecular flexibility index (Phi) is 3.18. The van der Waals surface area contributed by atoms with Crippen molar-refractivity contribution in [2.75, 3.05) is 18.5 Å². The molecule has 2 aliphatic heterocycles. The van der Waals surface area contributed by atoms with E-state index in [4.69, 9.17) is 0 Å². The zero-order chi connectivity index (χ0) is 16.9. The van der Waals surface area contributed by atoms with Crippen molar-refractivity contribution < 1.29 is 9.72 Å². The molecular weight excluding hydrogens is 306 g/mol. The van der Waals surface area contributed by atoms with E-state index in [2.05, 4.69) is 5.32 Å². The number of nitrogens with one attached hydrogen (secondary N) is 1. The van der Waals surface area contributed by atoms with Crippen molar-refractivity contribution >= 4 is 17.3 Å². The average Bonchev–Trinajstić information content (AvgIpc) is 3.13. The van der Waals surface area contributed by atoms with E-state index >= 15 is 0 Å². The average molecular weight is 323 g/mol. The Morgan fingerprint density at radius 2 is 1.92 bits per heavy atom. The number of nitro groups is 1. The summed E-state index contributed by atoms with van der Waals surface area (Å²) in [5.41, 5.74) is 2.29. The predicted molar refractivity (Wildman–Crippen MR) is 90.0 cm³/mol. The van der Waals surface area contributed by atoms with E-state index in [-0.39, 0.29) is 17.6 Å². The van der Waals surface area contributed by atoms with E-state index in [1.54, 1.807) is 24.1 Å². The van der Waals surface area contributed by atoms with Gasteiger partial charge in [-0.25, -0.2) is 0 Å². The molecule has 24 heavy (non-hydrogen) atoms. The fraction of sp³-hybridized carbons (Fsp3) is 0.278. The molecule has 1 N–H and O–H groups in total. The van der Waals surface area contributed by atoms with Crippen LogP contribution in [0.5, 0.6) is 0 Å². The highest BCUT2D eigenvalue weighted by Gasteiger charge is 2.57. The lowest BCUT2D eigenvalue weighted by molar-refractivity contribution is -0.384. The van der Waals surface area contributed by atoms with Gasteiger partial charge in [-0.15, -0.1) is 0 Å². The maximum Gasteiger partial charge on any atom is 0.269 e. The number of anilines is 1. The minimum atomic E-state index is -0.637. The molecule has 6 nitrogen and oxygen atoms in total. The van der Waals surface area contributed by atoms with Gasteiger partial charge >= 0.3 is 0 Å². The van der Waals surface area contributed by atoms with Crippen LogP contribution in [0.2, 0.25) is 0 Å². The van der Waals surface area contributed by atoms with Crippen molar-refractivity contribution in [3.05, 3.63) is 69.8 Å². The molecule has 4 rings (SSSR count). The second kappa shape index (κ2) is 5.14. The van der Waals surface area contributed by atoms with Crippen LogP contribution in [0.1, 0.15) is 23.6 Å². The Bertz CT molecular complexity index is 834.